The molecule has 0 atom stereocenters. The van der Waals surface area contributed by atoms with Gasteiger partial charge >= 0.3 is 5.69 Å². The first-order chi connectivity index (χ1) is 10.5. The van der Waals surface area contributed by atoms with Crippen molar-refractivity contribution in [2.24, 2.45) is 5.92 Å². The number of aromatic nitrogens is 2. The fraction of sp³-hybridized carbons (Fsp3) is 0.556. The molecule has 0 saturated heterocycles. The van der Waals surface area contributed by atoms with Crippen LogP contribution in [0.5, 0.6) is 0 Å². The number of nitrogens with zero attached hydrogens (tertiary/aromatic N) is 2. The molecule has 1 aromatic heterocycles. The van der Waals surface area contributed by atoms with Crippen LogP contribution in [-0.4, -0.2) is 9.13 Å². The van der Waals surface area contributed by atoms with Gasteiger partial charge in [-0.15, -0.1) is 0 Å². The number of aryl methyl sites for hydroxylation is 2. The monoisotopic (exact) mass is 302 g/mol. The van der Waals surface area contributed by atoms with E-state index >= 15 is 0 Å². The van der Waals surface area contributed by atoms with E-state index in [1.165, 1.54) is 4.57 Å². The zero-order valence-electron chi connectivity index (χ0n) is 14.1. The molecule has 0 radical (unpaired) electrons. The normalized spacial score (nSPS) is 11.5. The molecule has 0 unspecified atom stereocenters. The van der Waals surface area contributed by atoms with Gasteiger partial charge in [0.1, 0.15) is 0 Å². The molecule has 0 aliphatic carbocycles. The van der Waals surface area contributed by atoms with Crippen LogP contribution in [0, 0.1) is 12.8 Å². The summed E-state index contributed by atoms with van der Waals surface area (Å²) in [5, 5.41) is 0.651. The van der Waals surface area contributed by atoms with E-state index in [0.29, 0.717) is 24.4 Å². The van der Waals surface area contributed by atoms with E-state index in [-0.39, 0.29) is 11.2 Å². The van der Waals surface area contributed by atoms with Crippen molar-refractivity contribution in [3.63, 3.8) is 0 Å². The van der Waals surface area contributed by atoms with Crippen LogP contribution in [0.15, 0.2) is 27.8 Å². The van der Waals surface area contributed by atoms with Gasteiger partial charge in [-0.25, -0.2) is 4.79 Å². The minimum atomic E-state index is -0.174. The van der Waals surface area contributed by atoms with Crippen molar-refractivity contribution in [2.75, 3.05) is 0 Å². The fourth-order valence-electron chi connectivity index (χ4n) is 2.83. The molecule has 4 nitrogen and oxygen atoms in total. The molecule has 0 aliphatic rings. The molecule has 120 valence electrons. The largest absolute Gasteiger partial charge is 0.331 e. The van der Waals surface area contributed by atoms with Crippen molar-refractivity contribution in [1.82, 2.24) is 9.13 Å². The summed E-state index contributed by atoms with van der Waals surface area (Å²) in [6, 6.07) is 5.74. The second kappa shape index (κ2) is 6.95. The van der Waals surface area contributed by atoms with Crippen LogP contribution in [-0.2, 0) is 13.1 Å². The molecule has 2 aromatic rings. The Morgan fingerprint density at radius 1 is 1.09 bits per heavy atom. The van der Waals surface area contributed by atoms with Gasteiger partial charge in [-0.1, -0.05) is 32.4 Å². The fourth-order valence-corrected chi connectivity index (χ4v) is 2.83. The second-order valence-corrected chi connectivity index (χ2v) is 6.45. The van der Waals surface area contributed by atoms with Crippen LogP contribution >= 0.6 is 0 Å². The van der Waals surface area contributed by atoms with E-state index < -0.39 is 0 Å². The van der Waals surface area contributed by atoms with Crippen molar-refractivity contribution < 1.29 is 0 Å². The highest BCUT2D eigenvalue weighted by molar-refractivity contribution is 5.78. The first-order valence-electron chi connectivity index (χ1n) is 8.19. The van der Waals surface area contributed by atoms with E-state index in [2.05, 4.69) is 13.8 Å². The Morgan fingerprint density at radius 3 is 2.45 bits per heavy atom. The van der Waals surface area contributed by atoms with Crippen molar-refractivity contribution in [1.29, 1.82) is 0 Å². The average Bonchev–Trinajstić information content (AvgIpc) is 2.47. The van der Waals surface area contributed by atoms with Gasteiger partial charge in [0.05, 0.1) is 10.9 Å². The molecule has 1 aromatic carbocycles. The number of hydrogen-bond acceptors (Lipinski definition) is 2. The molecule has 4 heteroatoms. The van der Waals surface area contributed by atoms with Crippen LogP contribution in [0.2, 0.25) is 0 Å². The average molecular weight is 302 g/mol. The lowest BCUT2D eigenvalue weighted by Gasteiger charge is -2.14. The Hall–Kier alpha value is -1.84. The van der Waals surface area contributed by atoms with E-state index in [0.717, 1.165) is 30.3 Å². The third-order valence-corrected chi connectivity index (χ3v) is 3.99. The first kappa shape index (κ1) is 16.5. The molecule has 0 saturated carbocycles. The van der Waals surface area contributed by atoms with Gasteiger partial charge in [0.15, 0.2) is 0 Å². The Balaban J connectivity index is 2.60. The van der Waals surface area contributed by atoms with Crippen LogP contribution < -0.4 is 11.2 Å². The maximum absolute atomic E-state index is 12.7. The summed E-state index contributed by atoms with van der Waals surface area (Å²) in [6.45, 7) is 9.47. The number of benzene rings is 1. The Bertz CT molecular complexity index is 769. The predicted octanol–water partition coefficient (Wildman–Crippen LogP) is 3.32. The van der Waals surface area contributed by atoms with E-state index in [4.69, 9.17) is 0 Å². The molecule has 1 heterocycles. The number of fused-ring (bicyclic) bond motifs is 1. The molecular formula is C18H26N2O2. The summed E-state index contributed by atoms with van der Waals surface area (Å²) in [7, 11) is 0. The topological polar surface area (TPSA) is 44.0 Å². The SMILES string of the molecule is CCCn1c(=O)n(CCCC(C)C)c(=O)c2cc(C)ccc21. The molecule has 0 bridgehead atoms. The molecule has 2 rings (SSSR count). The van der Waals surface area contributed by atoms with Gasteiger partial charge < -0.3 is 0 Å². The van der Waals surface area contributed by atoms with Crippen molar-refractivity contribution in [3.8, 4) is 0 Å². The molecule has 0 aliphatic heterocycles. The van der Waals surface area contributed by atoms with E-state index in [1.54, 1.807) is 4.57 Å². The minimum absolute atomic E-state index is 0.153. The Kier molecular flexibility index (Phi) is 5.22. The maximum Gasteiger partial charge on any atom is 0.331 e. The lowest BCUT2D eigenvalue weighted by atomic mass is 10.1. The summed E-state index contributed by atoms with van der Waals surface area (Å²) in [4.78, 5) is 25.4. The van der Waals surface area contributed by atoms with Gasteiger partial charge in [-0.3, -0.25) is 13.9 Å². The molecule has 0 N–H and O–H groups in total. The van der Waals surface area contributed by atoms with Gasteiger partial charge in [0.2, 0.25) is 0 Å². The Morgan fingerprint density at radius 2 is 1.82 bits per heavy atom. The highest BCUT2D eigenvalue weighted by atomic mass is 16.2. The first-order valence-corrected chi connectivity index (χ1v) is 8.19. The zero-order chi connectivity index (χ0) is 16.3. The quantitative estimate of drug-likeness (QED) is 0.821. The lowest BCUT2D eigenvalue weighted by Crippen LogP contribution is -2.40. The van der Waals surface area contributed by atoms with Crippen molar-refractivity contribution in [2.45, 2.75) is 60.0 Å². The van der Waals surface area contributed by atoms with E-state index in [9.17, 15) is 9.59 Å². The lowest BCUT2D eigenvalue weighted by molar-refractivity contribution is 0.484. The maximum atomic E-state index is 12.7. The summed E-state index contributed by atoms with van der Waals surface area (Å²) < 4.78 is 3.16. The van der Waals surface area contributed by atoms with Crippen LogP contribution in [0.4, 0.5) is 0 Å². The third kappa shape index (κ3) is 3.32. The molecule has 0 fully saturated rings. The molecule has 0 spiro atoms. The van der Waals surface area contributed by atoms with Crippen molar-refractivity contribution >= 4 is 10.9 Å². The molecular weight excluding hydrogens is 276 g/mol. The van der Waals surface area contributed by atoms with Gasteiger partial charge in [0.25, 0.3) is 5.56 Å². The summed E-state index contributed by atoms with van der Waals surface area (Å²) in [5.41, 5.74) is 1.47. The summed E-state index contributed by atoms with van der Waals surface area (Å²) >= 11 is 0. The Labute approximate surface area is 131 Å². The molecule has 22 heavy (non-hydrogen) atoms. The highest BCUT2D eigenvalue weighted by Gasteiger charge is 2.12. The zero-order valence-corrected chi connectivity index (χ0v) is 14.1. The summed E-state index contributed by atoms with van der Waals surface area (Å²) in [6.07, 6.45) is 2.74. The second-order valence-electron chi connectivity index (χ2n) is 6.45. The number of rotatable bonds is 6. The predicted molar refractivity (Wildman–Crippen MR) is 91.6 cm³/mol. The van der Waals surface area contributed by atoms with Crippen LogP contribution in [0.25, 0.3) is 10.9 Å². The van der Waals surface area contributed by atoms with Crippen molar-refractivity contribution in [3.05, 3.63) is 44.6 Å². The van der Waals surface area contributed by atoms with Crippen LogP contribution in [0.3, 0.4) is 0 Å². The van der Waals surface area contributed by atoms with Gasteiger partial charge in [0, 0.05) is 13.1 Å². The highest BCUT2D eigenvalue weighted by Crippen LogP contribution is 2.12. The standard InChI is InChI=1S/C18H26N2O2/c1-5-10-19-16-9-8-14(4)12-15(16)17(21)20(18(19)22)11-6-7-13(2)3/h8-9,12-13H,5-7,10-11H2,1-4H3. The van der Waals surface area contributed by atoms with Gasteiger partial charge in [-0.2, -0.15) is 0 Å². The summed E-state index contributed by atoms with van der Waals surface area (Å²) in [5.74, 6) is 0.580. The third-order valence-electron chi connectivity index (χ3n) is 3.99. The smallest absolute Gasteiger partial charge is 0.293 e. The van der Waals surface area contributed by atoms with Crippen LogP contribution in [0.1, 0.15) is 45.6 Å². The minimum Gasteiger partial charge on any atom is -0.293 e. The van der Waals surface area contributed by atoms with E-state index in [1.807, 2.05) is 32.0 Å². The number of hydrogen-bond donors (Lipinski definition) is 0. The molecule has 0 amide bonds. The van der Waals surface area contributed by atoms with Gasteiger partial charge in [-0.05, 0) is 44.2 Å².